The zero-order chi connectivity index (χ0) is 25.7. The number of hydrogen-bond acceptors (Lipinski definition) is 6. The normalized spacial score (nSPS) is 10.7. The fourth-order valence-electron chi connectivity index (χ4n) is 3.89. The number of carbonyl (C=O) groups is 1. The highest BCUT2D eigenvalue weighted by molar-refractivity contribution is 7.99. The fourth-order valence-corrected chi connectivity index (χ4v) is 4.78. The van der Waals surface area contributed by atoms with Crippen LogP contribution in [0.15, 0.2) is 76.7 Å². The number of nitriles is 1. The van der Waals surface area contributed by atoms with Crippen LogP contribution in [0.5, 0.6) is 5.75 Å². The second-order valence-corrected chi connectivity index (χ2v) is 9.18. The number of ether oxygens (including phenoxy) is 1. The van der Waals surface area contributed by atoms with E-state index >= 15 is 0 Å². The number of thioether (sulfide) groups is 1. The van der Waals surface area contributed by atoms with Gasteiger partial charge in [0.2, 0.25) is 5.91 Å². The summed E-state index contributed by atoms with van der Waals surface area (Å²) in [7, 11) is 1.55. The van der Waals surface area contributed by atoms with E-state index in [1.165, 1.54) is 16.3 Å². The SMILES string of the molecule is COc1ccccc1-n1c(SCC(=O)N(CCC#N)c2ccc(C)c(C)c2)nc2ccccc2c1=O. The predicted molar refractivity (Wildman–Crippen MR) is 143 cm³/mol. The number of hydrogen-bond donors (Lipinski definition) is 0. The number of amides is 1. The maximum absolute atomic E-state index is 13.6. The molecule has 0 unspecified atom stereocenters. The topological polar surface area (TPSA) is 88.2 Å². The zero-order valence-corrected chi connectivity index (χ0v) is 21.2. The summed E-state index contributed by atoms with van der Waals surface area (Å²) in [6.07, 6.45) is 0.212. The van der Waals surface area contributed by atoms with Crippen molar-refractivity contribution in [3.8, 4) is 17.5 Å². The second-order valence-electron chi connectivity index (χ2n) is 8.23. The summed E-state index contributed by atoms with van der Waals surface area (Å²) in [5.41, 5.74) is 3.80. The van der Waals surface area contributed by atoms with Crippen molar-refractivity contribution in [2.24, 2.45) is 0 Å². The quantitative estimate of drug-likeness (QED) is 0.250. The van der Waals surface area contributed by atoms with Gasteiger partial charge in [-0.25, -0.2) is 4.98 Å². The number of anilines is 1. The summed E-state index contributed by atoms with van der Waals surface area (Å²) in [6.45, 7) is 4.28. The minimum atomic E-state index is -0.240. The van der Waals surface area contributed by atoms with Crippen molar-refractivity contribution >= 4 is 34.3 Å². The molecule has 1 amide bonds. The van der Waals surface area contributed by atoms with Crippen molar-refractivity contribution in [3.63, 3.8) is 0 Å². The van der Waals surface area contributed by atoms with Gasteiger partial charge in [0.15, 0.2) is 5.16 Å². The Bertz CT molecular complexity index is 1520. The third kappa shape index (κ3) is 5.11. The van der Waals surface area contributed by atoms with Gasteiger partial charge in [0, 0.05) is 12.2 Å². The van der Waals surface area contributed by atoms with Gasteiger partial charge in [0.1, 0.15) is 5.75 Å². The highest BCUT2D eigenvalue weighted by atomic mass is 32.2. The largest absolute Gasteiger partial charge is 0.495 e. The first-order valence-corrected chi connectivity index (χ1v) is 12.5. The lowest BCUT2D eigenvalue weighted by atomic mass is 10.1. The molecule has 0 aliphatic carbocycles. The van der Waals surface area contributed by atoms with Crippen LogP contribution in [0.4, 0.5) is 5.69 Å². The van der Waals surface area contributed by atoms with E-state index in [9.17, 15) is 9.59 Å². The smallest absolute Gasteiger partial charge is 0.266 e. The summed E-state index contributed by atoms with van der Waals surface area (Å²) in [6, 6.07) is 22.3. The molecule has 0 bridgehead atoms. The standard InChI is InChI=1S/C28H26N4O3S/c1-19-13-14-21(17-20(19)2)31(16-8-15-29)26(33)18-36-28-30-23-10-5-4-9-22(23)27(34)32(28)24-11-6-7-12-25(24)35-3/h4-7,9-14,17H,8,16,18H2,1-3H3. The molecule has 7 nitrogen and oxygen atoms in total. The van der Waals surface area contributed by atoms with Gasteiger partial charge in [-0.3, -0.25) is 14.2 Å². The van der Waals surface area contributed by atoms with Crippen molar-refractivity contribution < 1.29 is 9.53 Å². The first kappa shape index (κ1) is 25.0. The molecule has 0 radical (unpaired) electrons. The number of nitrogens with zero attached hydrogens (tertiary/aromatic N) is 4. The Balaban J connectivity index is 1.73. The van der Waals surface area contributed by atoms with Crippen molar-refractivity contribution in [1.82, 2.24) is 9.55 Å². The zero-order valence-electron chi connectivity index (χ0n) is 20.4. The molecule has 0 atom stereocenters. The van der Waals surface area contributed by atoms with Crippen LogP contribution >= 0.6 is 11.8 Å². The molecule has 8 heteroatoms. The van der Waals surface area contributed by atoms with Crippen molar-refractivity contribution in [3.05, 3.63) is 88.2 Å². The molecule has 36 heavy (non-hydrogen) atoms. The van der Waals surface area contributed by atoms with Crippen LogP contribution in [0.2, 0.25) is 0 Å². The molecule has 1 aromatic heterocycles. The molecule has 1 heterocycles. The Labute approximate surface area is 214 Å². The number of carbonyl (C=O) groups excluding carboxylic acids is 1. The lowest BCUT2D eigenvalue weighted by Gasteiger charge is -2.23. The molecule has 3 aromatic carbocycles. The van der Waals surface area contributed by atoms with Gasteiger partial charge in [0.05, 0.1) is 41.9 Å². The number of aromatic nitrogens is 2. The second kappa shape index (κ2) is 11.1. The number of fused-ring (bicyclic) bond motifs is 1. The molecule has 0 aliphatic rings. The average Bonchev–Trinajstić information content (AvgIpc) is 2.89. The Morgan fingerprint density at radius 3 is 2.58 bits per heavy atom. The van der Waals surface area contributed by atoms with E-state index in [1.807, 2.05) is 50.2 Å². The third-order valence-electron chi connectivity index (χ3n) is 5.95. The van der Waals surface area contributed by atoms with Gasteiger partial charge in [-0.15, -0.1) is 0 Å². The Kier molecular flexibility index (Phi) is 7.71. The van der Waals surface area contributed by atoms with Crippen LogP contribution in [0, 0.1) is 25.2 Å². The van der Waals surface area contributed by atoms with Crippen LogP contribution < -0.4 is 15.2 Å². The van der Waals surface area contributed by atoms with Crippen molar-refractivity contribution in [2.45, 2.75) is 25.4 Å². The summed E-state index contributed by atoms with van der Waals surface area (Å²) in [5.74, 6) is 0.390. The van der Waals surface area contributed by atoms with E-state index < -0.39 is 0 Å². The van der Waals surface area contributed by atoms with Crippen LogP contribution in [-0.4, -0.2) is 34.9 Å². The van der Waals surface area contributed by atoms with Crippen molar-refractivity contribution in [2.75, 3.05) is 24.3 Å². The molecule has 0 saturated heterocycles. The average molecular weight is 499 g/mol. The summed E-state index contributed by atoms with van der Waals surface area (Å²) >= 11 is 1.18. The Morgan fingerprint density at radius 1 is 1.08 bits per heavy atom. The number of para-hydroxylation sites is 3. The van der Waals surface area contributed by atoms with Crippen molar-refractivity contribution in [1.29, 1.82) is 5.26 Å². The van der Waals surface area contributed by atoms with Gasteiger partial charge in [-0.05, 0) is 61.4 Å². The van der Waals surface area contributed by atoms with E-state index in [0.29, 0.717) is 27.5 Å². The summed E-state index contributed by atoms with van der Waals surface area (Å²) in [5, 5.41) is 10.0. The molecule has 4 rings (SSSR count). The van der Waals surface area contributed by atoms with Gasteiger partial charge in [0.25, 0.3) is 5.56 Å². The Hall–Kier alpha value is -4.09. The van der Waals surface area contributed by atoms with Crippen LogP contribution in [0.1, 0.15) is 17.5 Å². The molecule has 4 aromatic rings. The first-order valence-electron chi connectivity index (χ1n) is 11.5. The van der Waals surface area contributed by atoms with Crippen LogP contribution in [0.25, 0.3) is 16.6 Å². The minimum absolute atomic E-state index is 0.0400. The highest BCUT2D eigenvalue weighted by Gasteiger charge is 2.20. The van der Waals surface area contributed by atoms with Gasteiger partial charge in [-0.2, -0.15) is 5.26 Å². The molecule has 0 aliphatic heterocycles. The minimum Gasteiger partial charge on any atom is -0.495 e. The highest BCUT2D eigenvalue weighted by Crippen LogP contribution is 2.28. The molecular weight excluding hydrogens is 472 g/mol. The predicted octanol–water partition coefficient (Wildman–Crippen LogP) is 5.05. The van der Waals surface area contributed by atoms with E-state index in [4.69, 9.17) is 15.0 Å². The summed E-state index contributed by atoms with van der Waals surface area (Å²) in [4.78, 5) is 33.3. The lowest BCUT2D eigenvalue weighted by Crippen LogP contribution is -2.33. The Morgan fingerprint density at radius 2 is 1.83 bits per heavy atom. The van der Waals surface area contributed by atoms with E-state index in [2.05, 4.69) is 6.07 Å². The maximum Gasteiger partial charge on any atom is 0.266 e. The molecular formula is C28H26N4O3S. The molecule has 0 saturated carbocycles. The molecule has 0 fully saturated rings. The monoisotopic (exact) mass is 498 g/mol. The number of aryl methyl sites for hydroxylation is 2. The maximum atomic E-state index is 13.6. The summed E-state index contributed by atoms with van der Waals surface area (Å²) < 4.78 is 7.00. The van der Waals surface area contributed by atoms with Gasteiger partial charge >= 0.3 is 0 Å². The fraction of sp³-hybridized carbons (Fsp3) is 0.214. The molecule has 0 N–H and O–H groups in total. The number of methoxy groups -OCH3 is 1. The molecule has 182 valence electrons. The third-order valence-corrected chi connectivity index (χ3v) is 6.87. The first-order chi connectivity index (χ1) is 17.4. The molecule has 0 spiro atoms. The van der Waals surface area contributed by atoms with Crippen LogP contribution in [-0.2, 0) is 4.79 Å². The van der Waals surface area contributed by atoms with E-state index in [-0.39, 0.29) is 30.2 Å². The van der Waals surface area contributed by atoms with Gasteiger partial charge in [-0.1, -0.05) is 42.1 Å². The van der Waals surface area contributed by atoms with E-state index in [0.717, 1.165) is 16.8 Å². The lowest BCUT2D eigenvalue weighted by molar-refractivity contribution is -0.116. The number of benzene rings is 3. The van der Waals surface area contributed by atoms with Crippen LogP contribution in [0.3, 0.4) is 0 Å². The number of rotatable bonds is 8. The van der Waals surface area contributed by atoms with E-state index in [1.54, 1.807) is 42.3 Å². The van der Waals surface area contributed by atoms with Gasteiger partial charge < -0.3 is 9.64 Å².